The van der Waals surface area contributed by atoms with Crippen LogP contribution in [0.2, 0.25) is 0 Å². The van der Waals surface area contributed by atoms with E-state index in [4.69, 9.17) is 14.2 Å². The third-order valence-corrected chi connectivity index (χ3v) is 9.31. The summed E-state index contributed by atoms with van der Waals surface area (Å²) in [7, 11) is 2.16. The Hall–Kier alpha value is -3.05. The molecule has 7 nitrogen and oxygen atoms in total. The minimum atomic E-state index is -0.396. The summed E-state index contributed by atoms with van der Waals surface area (Å²) in [5.41, 5.74) is 9.53. The normalized spacial score (nSPS) is 27.6. The minimum absolute atomic E-state index is 0.0127. The molecule has 0 saturated carbocycles. The second kappa shape index (κ2) is 8.76. The first-order valence-electron chi connectivity index (χ1n) is 13.1. The highest BCUT2D eigenvalue weighted by molar-refractivity contribution is 5.66. The van der Waals surface area contributed by atoms with Crippen LogP contribution >= 0.6 is 0 Å². The van der Waals surface area contributed by atoms with Crippen LogP contribution in [-0.4, -0.2) is 60.1 Å². The second-order valence-electron chi connectivity index (χ2n) is 10.9. The van der Waals surface area contributed by atoms with E-state index < -0.39 is 6.04 Å². The van der Waals surface area contributed by atoms with E-state index in [2.05, 4.69) is 56.3 Å². The summed E-state index contributed by atoms with van der Waals surface area (Å²) in [6, 6.07) is 4.31. The molecule has 2 aromatic carbocycles. The van der Waals surface area contributed by atoms with E-state index in [0.29, 0.717) is 24.5 Å². The van der Waals surface area contributed by atoms with E-state index in [-0.39, 0.29) is 37.6 Å². The summed E-state index contributed by atoms with van der Waals surface area (Å²) in [4.78, 5) is 4.70. The van der Waals surface area contributed by atoms with Crippen LogP contribution in [0.5, 0.6) is 17.2 Å². The standard InChI is InChI=1S/C30H35N3O4/c1-7-8-35-28-18(5)29-30(37-14-36-29)26-20(28)11-22-27-25-17(4)16(3)15(2)9-19(25)10-21(32(27)6)23(12-31)33(22)24(26)13-34/h7,9,21-24,27,34H,1,8,10-11,13-14H2,2-6H3/t21-,22?,23-,24-,27-/m0/s1. The molecule has 37 heavy (non-hydrogen) atoms. The van der Waals surface area contributed by atoms with Gasteiger partial charge in [0.05, 0.1) is 24.8 Å². The van der Waals surface area contributed by atoms with Gasteiger partial charge in [-0.25, -0.2) is 0 Å². The predicted molar refractivity (Wildman–Crippen MR) is 140 cm³/mol. The largest absolute Gasteiger partial charge is 0.489 e. The number of piperazine rings is 1. The van der Waals surface area contributed by atoms with Crippen molar-refractivity contribution in [3.8, 4) is 23.3 Å². The SMILES string of the molecule is C=CCOc1c(C)c2c(c3c1CC1[C@H]4c5c(cc(C)c(C)c5C)C[C@@H]([C@H](C#N)N1[C@H]3CO)N4C)OCO2. The Morgan fingerprint density at radius 2 is 1.86 bits per heavy atom. The number of benzene rings is 2. The van der Waals surface area contributed by atoms with Gasteiger partial charge in [-0.15, -0.1) is 0 Å². The number of nitrogens with zero attached hydrogens (tertiary/aromatic N) is 3. The fourth-order valence-corrected chi connectivity index (χ4v) is 7.49. The Balaban J connectivity index is 1.61. The second-order valence-corrected chi connectivity index (χ2v) is 10.9. The van der Waals surface area contributed by atoms with Gasteiger partial charge in [0, 0.05) is 28.8 Å². The molecule has 5 atom stereocenters. The average Bonchev–Trinajstić information content (AvgIpc) is 3.37. The van der Waals surface area contributed by atoms with Crippen LogP contribution in [0.15, 0.2) is 18.7 Å². The lowest BCUT2D eigenvalue weighted by molar-refractivity contribution is -0.0821. The van der Waals surface area contributed by atoms with Crippen LogP contribution < -0.4 is 14.2 Å². The molecule has 2 aromatic rings. The third kappa shape index (κ3) is 3.22. The van der Waals surface area contributed by atoms with Crippen molar-refractivity contribution >= 4 is 0 Å². The maximum Gasteiger partial charge on any atom is 0.231 e. The van der Waals surface area contributed by atoms with Gasteiger partial charge in [-0.1, -0.05) is 18.7 Å². The Bertz CT molecular complexity index is 1350. The summed E-state index contributed by atoms with van der Waals surface area (Å²) >= 11 is 0. The number of fused-ring (bicyclic) bond motifs is 9. The average molecular weight is 502 g/mol. The lowest BCUT2D eigenvalue weighted by atomic mass is 9.70. The third-order valence-electron chi connectivity index (χ3n) is 9.31. The number of rotatable bonds is 4. The molecule has 0 aliphatic carbocycles. The number of likely N-dealkylation sites (N-methyl/N-ethyl adjacent to an activating group) is 1. The van der Waals surface area contributed by atoms with Crippen LogP contribution in [0.25, 0.3) is 0 Å². The highest BCUT2D eigenvalue weighted by Crippen LogP contribution is 2.57. The van der Waals surface area contributed by atoms with Crippen LogP contribution in [0.1, 0.15) is 56.6 Å². The monoisotopic (exact) mass is 501 g/mol. The number of aryl methyl sites for hydroxylation is 1. The number of nitriles is 1. The topological polar surface area (TPSA) is 78.2 Å². The van der Waals surface area contributed by atoms with Crippen molar-refractivity contribution in [2.45, 2.75) is 70.7 Å². The zero-order valence-electron chi connectivity index (χ0n) is 22.3. The van der Waals surface area contributed by atoms with Gasteiger partial charge in [-0.05, 0) is 75.4 Å². The van der Waals surface area contributed by atoms with Crippen LogP contribution in [0.3, 0.4) is 0 Å². The summed E-state index contributed by atoms with van der Waals surface area (Å²) < 4.78 is 18.1. The maximum atomic E-state index is 10.9. The van der Waals surface area contributed by atoms with Crippen molar-refractivity contribution in [3.63, 3.8) is 0 Å². The Kier molecular flexibility index (Phi) is 5.76. The smallest absolute Gasteiger partial charge is 0.231 e. The highest BCUT2D eigenvalue weighted by atomic mass is 16.7. The molecule has 0 radical (unpaired) electrons. The summed E-state index contributed by atoms with van der Waals surface area (Å²) in [6.45, 7) is 12.8. The molecule has 7 heteroatoms. The van der Waals surface area contributed by atoms with Crippen molar-refractivity contribution in [1.82, 2.24) is 9.80 Å². The molecule has 194 valence electrons. The van der Waals surface area contributed by atoms with E-state index in [1.165, 1.54) is 27.8 Å². The van der Waals surface area contributed by atoms with E-state index in [0.717, 1.165) is 28.9 Å². The zero-order chi connectivity index (χ0) is 26.2. The van der Waals surface area contributed by atoms with Crippen molar-refractivity contribution in [2.75, 3.05) is 27.1 Å². The number of hydrogen-bond donors (Lipinski definition) is 1. The van der Waals surface area contributed by atoms with E-state index in [1.54, 1.807) is 6.08 Å². The first-order chi connectivity index (χ1) is 17.8. The van der Waals surface area contributed by atoms with Gasteiger partial charge in [-0.3, -0.25) is 9.80 Å². The number of hydrogen-bond acceptors (Lipinski definition) is 7. The van der Waals surface area contributed by atoms with Crippen molar-refractivity contribution in [3.05, 3.63) is 63.2 Å². The first kappa shape index (κ1) is 24.3. The Morgan fingerprint density at radius 3 is 2.57 bits per heavy atom. The van der Waals surface area contributed by atoms with Crippen molar-refractivity contribution in [1.29, 1.82) is 5.26 Å². The molecule has 0 spiro atoms. The Labute approximate surface area is 218 Å². The summed E-state index contributed by atoms with van der Waals surface area (Å²) in [5.74, 6) is 2.13. The maximum absolute atomic E-state index is 10.9. The molecule has 6 rings (SSSR count). The van der Waals surface area contributed by atoms with Crippen LogP contribution in [-0.2, 0) is 12.8 Å². The molecule has 4 aliphatic heterocycles. The molecule has 2 bridgehead atoms. The van der Waals surface area contributed by atoms with Crippen molar-refractivity contribution < 1.29 is 19.3 Å². The predicted octanol–water partition coefficient (Wildman–Crippen LogP) is 3.98. The lowest BCUT2D eigenvalue weighted by Crippen LogP contribution is -2.68. The minimum Gasteiger partial charge on any atom is -0.489 e. The van der Waals surface area contributed by atoms with Crippen molar-refractivity contribution in [2.24, 2.45) is 0 Å². The fraction of sp³-hybridized carbons (Fsp3) is 0.500. The lowest BCUT2D eigenvalue weighted by Gasteiger charge is -2.60. The van der Waals surface area contributed by atoms with Gasteiger partial charge < -0.3 is 19.3 Å². The molecule has 1 fully saturated rings. The van der Waals surface area contributed by atoms with Gasteiger partial charge in [0.2, 0.25) is 6.79 Å². The van der Waals surface area contributed by atoms with Crippen LogP contribution in [0.4, 0.5) is 0 Å². The molecular formula is C30H35N3O4. The van der Waals surface area contributed by atoms with Gasteiger partial charge in [0.15, 0.2) is 11.5 Å². The van der Waals surface area contributed by atoms with Crippen LogP contribution in [0, 0.1) is 39.0 Å². The number of aliphatic hydroxyl groups is 1. The number of aliphatic hydroxyl groups excluding tert-OH is 1. The van der Waals surface area contributed by atoms with Gasteiger partial charge in [0.1, 0.15) is 18.4 Å². The molecule has 0 amide bonds. The van der Waals surface area contributed by atoms with E-state index in [1.807, 2.05) is 6.92 Å². The van der Waals surface area contributed by atoms with E-state index in [9.17, 15) is 10.4 Å². The molecular weight excluding hydrogens is 466 g/mol. The summed E-state index contributed by atoms with van der Waals surface area (Å²) in [5, 5.41) is 21.4. The van der Waals surface area contributed by atoms with Gasteiger partial charge >= 0.3 is 0 Å². The highest BCUT2D eigenvalue weighted by Gasteiger charge is 2.56. The zero-order valence-corrected chi connectivity index (χ0v) is 22.3. The Morgan fingerprint density at radius 1 is 1.11 bits per heavy atom. The van der Waals surface area contributed by atoms with E-state index >= 15 is 0 Å². The number of ether oxygens (including phenoxy) is 3. The summed E-state index contributed by atoms with van der Waals surface area (Å²) in [6.07, 6.45) is 3.24. The molecule has 4 heterocycles. The molecule has 1 N–H and O–H groups in total. The quantitative estimate of drug-likeness (QED) is 0.635. The molecule has 4 aliphatic rings. The fourth-order valence-electron chi connectivity index (χ4n) is 7.49. The first-order valence-corrected chi connectivity index (χ1v) is 13.1. The molecule has 1 unspecified atom stereocenters. The van der Waals surface area contributed by atoms with Gasteiger partial charge in [0.25, 0.3) is 0 Å². The van der Waals surface area contributed by atoms with Gasteiger partial charge in [-0.2, -0.15) is 5.26 Å². The molecule has 0 aromatic heterocycles. The molecule has 1 saturated heterocycles.